The van der Waals surface area contributed by atoms with Crippen LogP contribution in [0.1, 0.15) is 19.8 Å². The van der Waals surface area contributed by atoms with Gasteiger partial charge in [0.15, 0.2) is 11.6 Å². The molecule has 30 heavy (non-hydrogen) atoms. The average Bonchev–Trinajstić information content (AvgIpc) is 3.51. The standard InChI is InChI=1S/C20H23N7O2S/c1-4-14-20(28)26(3)15-9-22-17(23-18(15)27(14)12-5-7-29-11-12)13-10-25(2)24-16(13)19-21-6-8-30-19/h6,8-10,12,14H,4-5,7,11H2,1-3H3/t12?,14-/m1/s1. The highest BCUT2D eigenvalue weighted by atomic mass is 32.1. The first-order valence-corrected chi connectivity index (χ1v) is 10.9. The number of carbonyl (C=O) groups is 1. The van der Waals surface area contributed by atoms with Gasteiger partial charge in [-0.05, 0) is 12.8 Å². The number of hydrogen-bond acceptors (Lipinski definition) is 8. The molecule has 0 saturated carbocycles. The van der Waals surface area contributed by atoms with Gasteiger partial charge >= 0.3 is 0 Å². The second kappa shape index (κ2) is 7.44. The fourth-order valence-electron chi connectivity index (χ4n) is 4.22. The van der Waals surface area contributed by atoms with E-state index in [-0.39, 0.29) is 18.0 Å². The molecular formula is C20H23N7O2S. The molecule has 2 aliphatic heterocycles. The van der Waals surface area contributed by atoms with Crippen LogP contribution in [-0.2, 0) is 16.6 Å². The van der Waals surface area contributed by atoms with Crippen molar-refractivity contribution in [3.05, 3.63) is 24.0 Å². The normalized spacial score (nSPS) is 21.4. The number of anilines is 2. The lowest BCUT2D eigenvalue weighted by molar-refractivity contribution is -0.120. The minimum Gasteiger partial charge on any atom is -0.379 e. The maximum atomic E-state index is 13.0. The summed E-state index contributed by atoms with van der Waals surface area (Å²) in [4.78, 5) is 30.8. The topological polar surface area (TPSA) is 89.3 Å². The summed E-state index contributed by atoms with van der Waals surface area (Å²) in [5.41, 5.74) is 2.31. The highest BCUT2D eigenvalue weighted by Crippen LogP contribution is 2.39. The number of thiazole rings is 1. The van der Waals surface area contributed by atoms with E-state index in [9.17, 15) is 4.79 Å². The molecule has 2 aliphatic rings. The Morgan fingerprint density at radius 2 is 2.17 bits per heavy atom. The summed E-state index contributed by atoms with van der Waals surface area (Å²) in [6.07, 6.45) is 7.00. The number of hydrogen-bond donors (Lipinski definition) is 0. The van der Waals surface area contributed by atoms with Crippen LogP contribution in [0.25, 0.3) is 22.1 Å². The van der Waals surface area contributed by atoms with Crippen molar-refractivity contribution in [2.24, 2.45) is 7.05 Å². The second-order valence-electron chi connectivity index (χ2n) is 7.55. The van der Waals surface area contributed by atoms with Gasteiger partial charge in [-0.1, -0.05) is 6.92 Å². The summed E-state index contributed by atoms with van der Waals surface area (Å²) >= 11 is 1.53. The summed E-state index contributed by atoms with van der Waals surface area (Å²) in [5.74, 6) is 1.42. The zero-order valence-electron chi connectivity index (χ0n) is 17.1. The smallest absolute Gasteiger partial charge is 0.249 e. The summed E-state index contributed by atoms with van der Waals surface area (Å²) in [7, 11) is 3.67. The van der Waals surface area contributed by atoms with Gasteiger partial charge in [0, 0.05) is 38.5 Å². The lowest BCUT2D eigenvalue weighted by Crippen LogP contribution is -2.56. The van der Waals surface area contributed by atoms with Gasteiger partial charge in [0.05, 0.1) is 24.4 Å². The minimum atomic E-state index is -0.260. The Labute approximate surface area is 178 Å². The molecular weight excluding hydrogens is 402 g/mol. The van der Waals surface area contributed by atoms with E-state index in [0.29, 0.717) is 25.5 Å². The molecule has 9 nitrogen and oxygen atoms in total. The molecule has 5 heterocycles. The van der Waals surface area contributed by atoms with Crippen LogP contribution in [0.5, 0.6) is 0 Å². The van der Waals surface area contributed by atoms with Gasteiger partial charge in [0.25, 0.3) is 0 Å². The zero-order valence-corrected chi connectivity index (χ0v) is 18.0. The highest BCUT2D eigenvalue weighted by Gasteiger charge is 2.41. The van der Waals surface area contributed by atoms with Crippen molar-refractivity contribution >= 4 is 28.7 Å². The van der Waals surface area contributed by atoms with Gasteiger partial charge in [-0.25, -0.2) is 15.0 Å². The van der Waals surface area contributed by atoms with Crippen LogP contribution in [0.2, 0.25) is 0 Å². The first-order valence-electron chi connectivity index (χ1n) is 10.0. The van der Waals surface area contributed by atoms with E-state index in [1.54, 1.807) is 29.0 Å². The fraction of sp³-hybridized carbons (Fsp3) is 0.450. The number of rotatable bonds is 4. The van der Waals surface area contributed by atoms with Crippen molar-refractivity contribution in [3.63, 3.8) is 0 Å². The molecule has 3 aromatic rings. The Kier molecular flexibility index (Phi) is 4.75. The molecule has 1 fully saturated rings. The Balaban J connectivity index is 1.65. The van der Waals surface area contributed by atoms with Crippen LogP contribution >= 0.6 is 11.3 Å². The maximum Gasteiger partial charge on any atom is 0.249 e. The van der Waals surface area contributed by atoms with Crippen LogP contribution in [-0.4, -0.2) is 63.0 Å². The average molecular weight is 426 g/mol. The zero-order chi connectivity index (χ0) is 20.8. The first kappa shape index (κ1) is 19.1. The van der Waals surface area contributed by atoms with Crippen molar-refractivity contribution in [2.45, 2.75) is 31.8 Å². The molecule has 0 aromatic carbocycles. The Morgan fingerprint density at radius 1 is 1.30 bits per heavy atom. The molecule has 5 rings (SSSR count). The number of ether oxygens (including phenoxy) is 1. The van der Waals surface area contributed by atoms with E-state index < -0.39 is 0 Å². The van der Waals surface area contributed by atoms with Crippen LogP contribution in [0.4, 0.5) is 11.5 Å². The minimum absolute atomic E-state index is 0.0677. The van der Waals surface area contributed by atoms with Gasteiger partial charge in [-0.2, -0.15) is 5.10 Å². The molecule has 0 radical (unpaired) electrons. The van der Waals surface area contributed by atoms with Gasteiger partial charge in [0.2, 0.25) is 5.91 Å². The van der Waals surface area contributed by atoms with Gasteiger partial charge in [-0.3, -0.25) is 9.48 Å². The third-order valence-corrected chi connectivity index (χ3v) is 6.48. The van der Waals surface area contributed by atoms with E-state index in [1.807, 2.05) is 25.5 Å². The predicted molar refractivity (Wildman–Crippen MR) is 115 cm³/mol. The van der Waals surface area contributed by atoms with Gasteiger partial charge < -0.3 is 14.5 Å². The van der Waals surface area contributed by atoms with Crippen molar-refractivity contribution in [2.75, 3.05) is 30.1 Å². The molecule has 0 N–H and O–H groups in total. The molecule has 3 aromatic heterocycles. The third-order valence-electron chi connectivity index (χ3n) is 5.70. The number of aryl methyl sites for hydroxylation is 1. The van der Waals surface area contributed by atoms with E-state index in [2.05, 4.69) is 20.0 Å². The SMILES string of the molecule is CC[C@@H]1C(=O)N(C)c2cnc(-c3cn(C)nc3-c3nccs3)nc2N1C1CCOC1. The Bertz CT molecular complexity index is 1080. The first-order chi connectivity index (χ1) is 14.6. The molecule has 1 saturated heterocycles. The van der Waals surface area contributed by atoms with Crippen molar-refractivity contribution in [3.8, 4) is 22.1 Å². The second-order valence-corrected chi connectivity index (χ2v) is 8.45. The van der Waals surface area contributed by atoms with Crippen LogP contribution in [0.3, 0.4) is 0 Å². The van der Waals surface area contributed by atoms with Crippen LogP contribution < -0.4 is 9.80 Å². The molecule has 156 valence electrons. The lowest BCUT2D eigenvalue weighted by atomic mass is 10.0. The highest BCUT2D eigenvalue weighted by molar-refractivity contribution is 7.13. The number of aromatic nitrogens is 5. The summed E-state index contributed by atoms with van der Waals surface area (Å²) in [6, 6.07) is -0.134. The quantitative estimate of drug-likeness (QED) is 0.634. The number of nitrogens with zero attached hydrogens (tertiary/aromatic N) is 7. The van der Waals surface area contributed by atoms with Gasteiger partial charge in [-0.15, -0.1) is 11.3 Å². The molecule has 0 spiro atoms. The predicted octanol–water partition coefficient (Wildman–Crippen LogP) is 2.35. The number of carbonyl (C=O) groups excluding carboxylic acids is 1. The third kappa shape index (κ3) is 2.98. The monoisotopic (exact) mass is 425 g/mol. The summed E-state index contributed by atoms with van der Waals surface area (Å²) < 4.78 is 7.39. The van der Waals surface area contributed by atoms with E-state index in [4.69, 9.17) is 9.72 Å². The summed E-state index contributed by atoms with van der Waals surface area (Å²) in [6.45, 7) is 3.34. The molecule has 1 amide bonds. The van der Waals surface area contributed by atoms with Crippen LogP contribution in [0, 0.1) is 0 Å². The largest absolute Gasteiger partial charge is 0.379 e. The lowest BCUT2D eigenvalue weighted by Gasteiger charge is -2.43. The van der Waals surface area contributed by atoms with Crippen LogP contribution in [0.15, 0.2) is 24.0 Å². The fourth-order valence-corrected chi connectivity index (χ4v) is 4.86. The number of amides is 1. The van der Waals surface area contributed by atoms with E-state index in [1.165, 1.54) is 11.3 Å². The van der Waals surface area contributed by atoms with Gasteiger partial charge in [0.1, 0.15) is 22.4 Å². The number of fused-ring (bicyclic) bond motifs is 1. The number of likely N-dealkylation sites (N-methyl/N-ethyl adjacent to an activating group) is 1. The molecule has 1 unspecified atom stereocenters. The van der Waals surface area contributed by atoms with E-state index >= 15 is 0 Å². The van der Waals surface area contributed by atoms with Crippen molar-refractivity contribution in [1.82, 2.24) is 24.7 Å². The van der Waals surface area contributed by atoms with E-state index in [0.717, 1.165) is 34.2 Å². The summed E-state index contributed by atoms with van der Waals surface area (Å²) in [5, 5.41) is 7.33. The molecule has 0 aliphatic carbocycles. The molecule has 10 heteroatoms. The Hall–Kier alpha value is -2.85. The van der Waals surface area contributed by atoms with Crippen molar-refractivity contribution < 1.29 is 9.53 Å². The molecule has 0 bridgehead atoms. The molecule has 2 atom stereocenters. The Morgan fingerprint density at radius 3 is 2.87 bits per heavy atom. The van der Waals surface area contributed by atoms with Crippen molar-refractivity contribution in [1.29, 1.82) is 0 Å². The maximum absolute atomic E-state index is 13.0.